The number of nitrogen functional groups attached to an aromatic ring is 1. The molecule has 0 heterocycles. The van der Waals surface area contributed by atoms with Crippen LogP contribution in [-0.4, -0.2) is 28.9 Å². The molecule has 6 heteroatoms. The molecule has 1 aromatic carbocycles. The zero-order chi connectivity index (χ0) is 13.4. The van der Waals surface area contributed by atoms with Gasteiger partial charge in [-0.25, -0.2) is 0 Å². The zero-order valence-corrected chi connectivity index (χ0v) is 12.1. The molecule has 1 rings (SSSR count). The molecule has 0 fully saturated rings. The fourth-order valence-corrected chi connectivity index (χ4v) is 3.39. The lowest BCUT2D eigenvalue weighted by molar-refractivity contribution is 0.00990. The SMILES string of the molecule is CCO[Si](OCC)(OCC)Oc1ccccc1N. The van der Waals surface area contributed by atoms with E-state index in [2.05, 4.69) is 0 Å². The van der Waals surface area contributed by atoms with Gasteiger partial charge in [-0.1, -0.05) is 12.1 Å². The molecule has 0 bridgehead atoms. The van der Waals surface area contributed by atoms with Crippen molar-refractivity contribution in [3.8, 4) is 5.75 Å². The molecular weight excluding hydrogens is 250 g/mol. The monoisotopic (exact) mass is 271 g/mol. The lowest BCUT2D eigenvalue weighted by Crippen LogP contribution is -2.52. The standard InChI is InChI=1S/C12H21NO4Si/c1-4-14-18(15-5-2,16-6-3)17-12-10-8-7-9-11(12)13/h7-10H,4-6,13H2,1-3H3. The molecule has 2 N–H and O–H groups in total. The molecule has 0 atom stereocenters. The fraction of sp³-hybridized carbons (Fsp3) is 0.500. The molecule has 0 spiro atoms. The molecular formula is C12H21NO4Si. The molecule has 0 aliphatic carbocycles. The van der Waals surface area contributed by atoms with Crippen LogP contribution in [0.15, 0.2) is 24.3 Å². The maximum Gasteiger partial charge on any atom is 0.749 e. The summed E-state index contributed by atoms with van der Waals surface area (Å²) in [4.78, 5) is 0. The van der Waals surface area contributed by atoms with Crippen molar-refractivity contribution < 1.29 is 17.7 Å². The van der Waals surface area contributed by atoms with Gasteiger partial charge in [0.1, 0.15) is 5.75 Å². The quantitative estimate of drug-likeness (QED) is 0.580. The second-order valence-corrected chi connectivity index (χ2v) is 5.51. The maximum atomic E-state index is 5.85. The highest BCUT2D eigenvalue weighted by Crippen LogP contribution is 2.25. The number of rotatable bonds is 8. The normalized spacial score (nSPS) is 11.5. The van der Waals surface area contributed by atoms with Crippen molar-refractivity contribution in [3.05, 3.63) is 24.3 Å². The van der Waals surface area contributed by atoms with Crippen LogP contribution in [0.1, 0.15) is 20.8 Å². The Hall–Kier alpha value is -1.08. The van der Waals surface area contributed by atoms with E-state index in [1.165, 1.54) is 0 Å². The summed E-state index contributed by atoms with van der Waals surface area (Å²) in [5.41, 5.74) is 6.38. The summed E-state index contributed by atoms with van der Waals surface area (Å²) >= 11 is 0. The van der Waals surface area contributed by atoms with Gasteiger partial charge < -0.3 is 23.4 Å². The molecule has 0 aliphatic rings. The van der Waals surface area contributed by atoms with E-state index in [0.717, 1.165) is 0 Å². The van der Waals surface area contributed by atoms with Gasteiger partial charge in [-0.05, 0) is 32.9 Å². The van der Waals surface area contributed by atoms with E-state index >= 15 is 0 Å². The van der Waals surface area contributed by atoms with Crippen molar-refractivity contribution in [1.29, 1.82) is 0 Å². The average molecular weight is 271 g/mol. The van der Waals surface area contributed by atoms with Crippen LogP contribution in [0.4, 0.5) is 5.69 Å². The number of anilines is 1. The van der Waals surface area contributed by atoms with E-state index in [1.807, 2.05) is 32.9 Å². The Morgan fingerprint density at radius 1 is 0.944 bits per heavy atom. The van der Waals surface area contributed by atoms with Gasteiger partial charge in [0, 0.05) is 19.8 Å². The highest BCUT2D eigenvalue weighted by Gasteiger charge is 2.48. The Bertz CT molecular complexity index is 345. The van der Waals surface area contributed by atoms with Gasteiger partial charge >= 0.3 is 9.05 Å². The molecule has 0 radical (unpaired) electrons. The van der Waals surface area contributed by atoms with Crippen LogP contribution in [0.3, 0.4) is 0 Å². The second kappa shape index (κ2) is 7.37. The topological polar surface area (TPSA) is 62.9 Å². The summed E-state index contributed by atoms with van der Waals surface area (Å²) in [6, 6.07) is 7.22. The lowest BCUT2D eigenvalue weighted by Gasteiger charge is -2.27. The molecule has 18 heavy (non-hydrogen) atoms. The van der Waals surface area contributed by atoms with E-state index in [9.17, 15) is 0 Å². The van der Waals surface area contributed by atoms with E-state index < -0.39 is 9.05 Å². The minimum absolute atomic E-state index is 0.457. The summed E-state index contributed by atoms with van der Waals surface area (Å²) in [5.74, 6) is 0.527. The van der Waals surface area contributed by atoms with Crippen LogP contribution >= 0.6 is 0 Å². The summed E-state index contributed by atoms with van der Waals surface area (Å²) in [5, 5.41) is 0. The first-order valence-corrected chi connectivity index (χ1v) is 7.76. The summed E-state index contributed by atoms with van der Waals surface area (Å²) in [7, 11) is -3.15. The van der Waals surface area contributed by atoms with Crippen LogP contribution in [-0.2, 0) is 13.3 Å². The van der Waals surface area contributed by atoms with Crippen LogP contribution < -0.4 is 10.2 Å². The van der Waals surface area contributed by atoms with Gasteiger partial charge in [0.2, 0.25) is 0 Å². The minimum Gasteiger partial charge on any atom is -0.478 e. The number of hydrogen-bond donors (Lipinski definition) is 1. The van der Waals surface area contributed by atoms with Gasteiger partial charge in [-0.3, -0.25) is 0 Å². The van der Waals surface area contributed by atoms with Crippen molar-refractivity contribution in [1.82, 2.24) is 0 Å². The van der Waals surface area contributed by atoms with Gasteiger partial charge in [-0.15, -0.1) is 0 Å². The van der Waals surface area contributed by atoms with Gasteiger partial charge in [0.05, 0.1) is 5.69 Å². The highest BCUT2D eigenvalue weighted by atomic mass is 28.4. The Labute approximate surface area is 109 Å². The van der Waals surface area contributed by atoms with Gasteiger partial charge in [0.25, 0.3) is 0 Å². The largest absolute Gasteiger partial charge is 0.749 e. The van der Waals surface area contributed by atoms with Crippen LogP contribution in [0.5, 0.6) is 5.75 Å². The third kappa shape index (κ3) is 3.99. The highest BCUT2D eigenvalue weighted by molar-refractivity contribution is 6.54. The molecule has 0 aromatic heterocycles. The average Bonchev–Trinajstić information content (AvgIpc) is 2.33. The van der Waals surface area contributed by atoms with Crippen molar-refractivity contribution in [2.75, 3.05) is 25.6 Å². The van der Waals surface area contributed by atoms with E-state index in [1.54, 1.807) is 12.1 Å². The molecule has 0 saturated heterocycles. The Balaban J connectivity index is 2.91. The van der Waals surface area contributed by atoms with Gasteiger partial charge in [0.15, 0.2) is 0 Å². The molecule has 0 amide bonds. The van der Waals surface area contributed by atoms with Crippen LogP contribution in [0.25, 0.3) is 0 Å². The first-order valence-electron chi connectivity index (χ1n) is 6.12. The third-order valence-electron chi connectivity index (χ3n) is 2.12. The van der Waals surface area contributed by atoms with Crippen molar-refractivity contribution in [3.63, 3.8) is 0 Å². The van der Waals surface area contributed by atoms with Crippen molar-refractivity contribution >= 4 is 14.7 Å². The number of benzene rings is 1. The smallest absolute Gasteiger partial charge is 0.478 e. The van der Waals surface area contributed by atoms with E-state index in [0.29, 0.717) is 31.3 Å². The second-order valence-electron chi connectivity index (χ2n) is 3.44. The lowest BCUT2D eigenvalue weighted by atomic mass is 10.3. The molecule has 102 valence electrons. The predicted molar refractivity (Wildman–Crippen MR) is 72.1 cm³/mol. The Morgan fingerprint density at radius 2 is 1.44 bits per heavy atom. The number of hydrogen-bond acceptors (Lipinski definition) is 5. The molecule has 0 saturated carbocycles. The summed E-state index contributed by atoms with van der Waals surface area (Å²) in [6.07, 6.45) is 0. The molecule has 1 aromatic rings. The van der Waals surface area contributed by atoms with E-state index in [4.69, 9.17) is 23.4 Å². The first-order chi connectivity index (χ1) is 8.67. The van der Waals surface area contributed by atoms with Crippen LogP contribution in [0.2, 0.25) is 0 Å². The molecule has 0 unspecified atom stereocenters. The van der Waals surface area contributed by atoms with Gasteiger partial charge in [-0.2, -0.15) is 0 Å². The van der Waals surface area contributed by atoms with Crippen LogP contribution in [0, 0.1) is 0 Å². The zero-order valence-electron chi connectivity index (χ0n) is 11.1. The third-order valence-corrected chi connectivity index (χ3v) is 4.51. The van der Waals surface area contributed by atoms with Crippen molar-refractivity contribution in [2.24, 2.45) is 0 Å². The Morgan fingerprint density at radius 3 is 1.89 bits per heavy atom. The fourth-order valence-electron chi connectivity index (χ4n) is 1.45. The number of nitrogens with two attached hydrogens (primary N) is 1. The summed E-state index contributed by atoms with van der Waals surface area (Å²) < 4.78 is 22.6. The molecule has 5 nitrogen and oxygen atoms in total. The van der Waals surface area contributed by atoms with E-state index in [-0.39, 0.29) is 0 Å². The predicted octanol–water partition coefficient (Wildman–Crippen LogP) is 2.19. The number of para-hydroxylation sites is 2. The van der Waals surface area contributed by atoms with Crippen molar-refractivity contribution in [2.45, 2.75) is 20.8 Å². The minimum atomic E-state index is -3.15. The molecule has 0 aliphatic heterocycles. The Kier molecular flexibility index (Phi) is 6.13. The summed E-state index contributed by atoms with van der Waals surface area (Å²) in [6.45, 7) is 6.99. The first kappa shape index (κ1) is 15.0. The maximum absolute atomic E-state index is 5.85.